The Kier molecular flexibility index (Phi) is 11.2. The lowest BCUT2D eigenvalue weighted by molar-refractivity contribution is -0.135. The molecule has 0 N–H and O–H groups in total. The van der Waals surface area contributed by atoms with Crippen molar-refractivity contribution in [2.45, 2.75) is 64.0 Å². The van der Waals surface area contributed by atoms with Crippen molar-refractivity contribution < 1.29 is 9.47 Å². The van der Waals surface area contributed by atoms with Crippen molar-refractivity contribution in [3.63, 3.8) is 0 Å². The van der Waals surface area contributed by atoms with Gasteiger partial charge in [-0.3, -0.25) is 0 Å². The summed E-state index contributed by atoms with van der Waals surface area (Å²) in [7, 11) is 0. The molecule has 0 bridgehead atoms. The summed E-state index contributed by atoms with van der Waals surface area (Å²) in [6, 6.07) is 0. The Bertz CT molecular complexity index is 125. The van der Waals surface area contributed by atoms with Crippen LogP contribution in [0, 0.1) is 0 Å². The fraction of sp³-hybridized carbons (Fsp3) is 1.00. The Labute approximate surface area is 103 Å². The summed E-state index contributed by atoms with van der Waals surface area (Å²) in [6.45, 7) is 7.66. The van der Waals surface area contributed by atoms with Gasteiger partial charge in [-0.05, 0) is 20.3 Å². The van der Waals surface area contributed by atoms with E-state index in [0.29, 0.717) is 18.0 Å². The molecule has 1 atom stereocenters. The van der Waals surface area contributed by atoms with Gasteiger partial charge < -0.3 is 9.47 Å². The third-order valence-electron chi connectivity index (χ3n) is 2.29. The van der Waals surface area contributed by atoms with Crippen LogP contribution in [0.25, 0.3) is 0 Å². The van der Waals surface area contributed by atoms with Crippen LogP contribution in [0.5, 0.6) is 0 Å². The van der Waals surface area contributed by atoms with E-state index in [1.54, 1.807) is 0 Å². The minimum Gasteiger partial charge on any atom is -0.352 e. The minimum absolute atomic E-state index is 0.0818. The summed E-state index contributed by atoms with van der Waals surface area (Å²) in [4.78, 5) is 0.328. The largest absolute Gasteiger partial charge is 0.352 e. The van der Waals surface area contributed by atoms with Gasteiger partial charge in [-0.15, -0.1) is 0 Å². The van der Waals surface area contributed by atoms with Crippen LogP contribution in [0.1, 0.15) is 52.9 Å². The lowest BCUT2D eigenvalue weighted by Crippen LogP contribution is -2.27. The third-order valence-corrected chi connectivity index (χ3v) is 3.18. The van der Waals surface area contributed by atoms with E-state index in [-0.39, 0.29) is 6.29 Å². The van der Waals surface area contributed by atoms with Crippen molar-refractivity contribution in [3.05, 3.63) is 0 Å². The maximum absolute atomic E-state index is 5.53. The smallest absolute Gasteiger partial charge is 0.169 e. The highest BCUT2D eigenvalue weighted by Crippen LogP contribution is 2.18. The molecule has 1 unspecified atom stereocenters. The van der Waals surface area contributed by atoms with E-state index in [2.05, 4.69) is 22.9 Å². The van der Waals surface area contributed by atoms with Crippen molar-refractivity contribution in [3.8, 4) is 0 Å². The van der Waals surface area contributed by atoms with E-state index in [9.17, 15) is 0 Å². The molecule has 0 aromatic rings. The molecule has 0 saturated carbocycles. The molecule has 0 saturated heterocycles. The minimum atomic E-state index is -0.0818. The summed E-state index contributed by atoms with van der Waals surface area (Å²) < 4.78 is 11.1. The zero-order valence-corrected chi connectivity index (χ0v) is 11.9. The molecule has 15 heavy (non-hydrogen) atoms. The van der Waals surface area contributed by atoms with Crippen LogP contribution in [-0.4, -0.2) is 24.3 Å². The lowest BCUT2D eigenvalue weighted by Gasteiger charge is -2.22. The van der Waals surface area contributed by atoms with Crippen LogP contribution in [0.4, 0.5) is 0 Å². The molecule has 2 nitrogen and oxygen atoms in total. The number of alkyl halides is 1. The third kappa shape index (κ3) is 8.23. The summed E-state index contributed by atoms with van der Waals surface area (Å²) in [5.41, 5.74) is 0. The zero-order chi connectivity index (χ0) is 11.5. The Morgan fingerprint density at radius 2 is 1.53 bits per heavy atom. The standard InChI is InChI=1S/C12H25BrO2/c1-4-7-8-9-10-11(13)12(14-5-2)15-6-3/h11-12H,4-10H2,1-3H3. The van der Waals surface area contributed by atoms with Gasteiger partial charge in [0.05, 0.1) is 4.83 Å². The van der Waals surface area contributed by atoms with Crippen LogP contribution in [0.3, 0.4) is 0 Å². The SMILES string of the molecule is CCCCCCC(Br)C(OCC)OCC. The van der Waals surface area contributed by atoms with Gasteiger partial charge in [0.2, 0.25) is 0 Å². The first-order chi connectivity index (χ1) is 7.26. The molecule has 0 aliphatic heterocycles. The van der Waals surface area contributed by atoms with E-state index < -0.39 is 0 Å². The fourth-order valence-electron chi connectivity index (χ4n) is 1.49. The average Bonchev–Trinajstić information content (AvgIpc) is 2.24. The maximum atomic E-state index is 5.53. The number of hydrogen-bond donors (Lipinski definition) is 0. The first kappa shape index (κ1) is 15.4. The predicted molar refractivity (Wildman–Crippen MR) is 68.5 cm³/mol. The molecular weight excluding hydrogens is 256 g/mol. The van der Waals surface area contributed by atoms with Gasteiger partial charge in [-0.2, -0.15) is 0 Å². The van der Waals surface area contributed by atoms with E-state index in [4.69, 9.17) is 9.47 Å². The van der Waals surface area contributed by atoms with Crippen molar-refractivity contribution in [1.29, 1.82) is 0 Å². The van der Waals surface area contributed by atoms with Crippen LogP contribution >= 0.6 is 15.9 Å². The van der Waals surface area contributed by atoms with E-state index >= 15 is 0 Å². The Balaban J connectivity index is 3.65. The molecule has 0 aromatic heterocycles. The molecule has 0 fully saturated rings. The maximum Gasteiger partial charge on any atom is 0.169 e. The topological polar surface area (TPSA) is 18.5 Å². The van der Waals surface area contributed by atoms with Crippen molar-refractivity contribution in [2.75, 3.05) is 13.2 Å². The highest BCUT2D eigenvalue weighted by Gasteiger charge is 2.18. The Hall–Kier alpha value is 0.400. The average molecular weight is 281 g/mol. The van der Waals surface area contributed by atoms with Crippen molar-refractivity contribution in [1.82, 2.24) is 0 Å². The first-order valence-corrected chi connectivity index (χ1v) is 7.05. The zero-order valence-electron chi connectivity index (χ0n) is 10.3. The van der Waals surface area contributed by atoms with Crippen LogP contribution in [0.2, 0.25) is 0 Å². The quantitative estimate of drug-likeness (QED) is 0.341. The fourth-order valence-corrected chi connectivity index (χ4v) is 2.12. The molecule has 3 heteroatoms. The highest BCUT2D eigenvalue weighted by atomic mass is 79.9. The number of unbranched alkanes of at least 4 members (excludes halogenated alkanes) is 3. The van der Waals surface area contributed by atoms with Gasteiger partial charge in [-0.25, -0.2) is 0 Å². The number of hydrogen-bond acceptors (Lipinski definition) is 2. The highest BCUT2D eigenvalue weighted by molar-refractivity contribution is 9.09. The molecular formula is C12H25BrO2. The number of halogens is 1. The Morgan fingerprint density at radius 1 is 0.933 bits per heavy atom. The normalized spacial score (nSPS) is 13.4. The van der Waals surface area contributed by atoms with Gasteiger partial charge in [0.1, 0.15) is 0 Å². The second-order valence-corrected chi connectivity index (χ2v) is 4.82. The first-order valence-electron chi connectivity index (χ1n) is 6.13. The summed E-state index contributed by atoms with van der Waals surface area (Å²) in [5, 5.41) is 0. The van der Waals surface area contributed by atoms with Gasteiger partial charge in [0.15, 0.2) is 6.29 Å². The summed E-state index contributed by atoms with van der Waals surface area (Å²) >= 11 is 3.65. The molecule has 0 spiro atoms. The van der Waals surface area contributed by atoms with Gasteiger partial charge in [-0.1, -0.05) is 48.5 Å². The van der Waals surface area contributed by atoms with Gasteiger partial charge in [0.25, 0.3) is 0 Å². The van der Waals surface area contributed by atoms with E-state index in [1.807, 2.05) is 13.8 Å². The molecule has 0 heterocycles. The van der Waals surface area contributed by atoms with Crippen LogP contribution in [0.15, 0.2) is 0 Å². The number of rotatable bonds is 10. The summed E-state index contributed by atoms with van der Waals surface area (Å²) in [5.74, 6) is 0. The second kappa shape index (κ2) is 10.9. The monoisotopic (exact) mass is 280 g/mol. The van der Waals surface area contributed by atoms with Gasteiger partial charge in [0, 0.05) is 13.2 Å². The molecule has 0 rings (SSSR count). The number of ether oxygens (including phenoxy) is 2. The molecule has 0 aliphatic rings. The Morgan fingerprint density at radius 3 is 2.00 bits per heavy atom. The molecule has 0 radical (unpaired) electrons. The van der Waals surface area contributed by atoms with Gasteiger partial charge >= 0.3 is 0 Å². The second-order valence-electron chi connectivity index (χ2n) is 3.64. The van der Waals surface area contributed by atoms with Crippen molar-refractivity contribution in [2.24, 2.45) is 0 Å². The van der Waals surface area contributed by atoms with Crippen LogP contribution in [-0.2, 0) is 9.47 Å². The lowest BCUT2D eigenvalue weighted by atomic mass is 10.1. The summed E-state index contributed by atoms with van der Waals surface area (Å²) in [6.07, 6.45) is 6.22. The molecule has 92 valence electrons. The molecule has 0 amide bonds. The predicted octanol–water partition coefficient (Wildman–Crippen LogP) is 4.12. The van der Waals surface area contributed by atoms with E-state index in [1.165, 1.54) is 25.7 Å². The van der Waals surface area contributed by atoms with E-state index in [0.717, 1.165) is 6.42 Å². The molecule has 0 aliphatic carbocycles. The molecule has 0 aromatic carbocycles. The van der Waals surface area contributed by atoms with Crippen molar-refractivity contribution >= 4 is 15.9 Å². The van der Waals surface area contributed by atoms with Crippen LogP contribution < -0.4 is 0 Å².